The molecule has 0 spiro atoms. The Kier molecular flexibility index (Phi) is 5.72. The van der Waals surface area contributed by atoms with Crippen molar-refractivity contribution in [2.45, 2.75) is 32.4 Å². The number of amides is 1. The Balaban J connectivity index is 1.26. The number of aromatic nitrogens is 5. The Morgan fingerprint density at radius 1 is 1.17 bits per heavy atom. The molecule has 0 atom stereocenters. The molecule has 12 heteroatoms. The molecule has 0 radical (unpaired) electrons. The molecule has 1 saturated heterocycles. The second-order valence-electron chi connectivity index (χ2n) is 9.15. The Labute approximate surface area is 215 Å². The molecule has 1 amide bonds. The van der Waals surface area contributed by atoms with Crippen molar-refractivity contribution in [2.24, 2.45) is 0 Å². The minimum Gasteiger partial charge on any atom is -0.326 e. The van der Waals surface area contributed by atoms with E-state index in [-0.39, 0.29) is 27.2 Å². The highest BCUT2D eigenvalue weighted by Gasteiger charge is 2.33. The number of rotatable bonds is 4. The molecular weight excluding hydrogens is 508 g/mol. The molecule has 0 aliphatic carbocycles. The van der Waals surface area contributed by atoms with Crippen LogP contribution >= 0.6 is 23.2 Å². The van der Waals surface area contributed by atoms with Crippen LogP contribution in [0, 0.1) is 5.82 Å². The summed E-state index contributed by atoms with van der Waals surface area (Å²) >= 11 is 12.5. The van der Waals surface area contributed by atoms with Crippen LogP contribution < -0.4 is 15.0 Å². The summed E-state index contributed by atoms with van der Waals surface area (Å²) < 4.78 is 18.5. The number of hydrogen-bond acceptors (Lipinski definition) is 4. The lowest BCUT2D eigenvalue weighted by Crippen LogP contribution is -2.53. The Morgan fingerprint density at radius 2 is 1.97 bits per heavy atom. The smallest absolute Gasteiger partial charge is 0.326 e. The fourth-order valence-corrected chi connectivity index (χ4v) is 5.51. The minimum atomic E-state index is -0.585. The molecule has 0 bridgehead atoms. The number of H-pyrrole nitrogens is 2. The zero-order chi connectivity index (χ0) is 25.0. The van der Waals surface area contributed by atoms with Gasteiger partial charge in [-0.1, -0.05) is 29.3 Å². The first-order valence-corrected chi connectivity index (χ1v) is 12.5. The first kappa shape index (κ1) is 23.1. The zero-order valence-electron chi connectivity index (χ0n) is 19.2. The standard InChI is InChI=1S/C24H22Cl2FN7O2/c25-17-11-19-22(35)28-12-15(34(19)21(17)26)9-14-3-4-18(27)16(10-14)23(36)32-7-8-33-20(13-32)29-30-24(33)31-5-1-2-6-31/h3-4,10-12H,1-2,5-9,13H2,(H,28,35)/p+1. The summed E-state index contributed by atoms with van der Waals surface area (Å²) in [6, 6.07) is 5.96. The van der Waals surface area contributed by atoms with E-state index in [1.165, 1.54) is 12.1 Å². The highest BCUT2D eigenvalue weighted by atomic mass is 35.5. The summed E-state index contributed by atoms with van der Waals surface area (Å²) in [5.41, 5.74) is 1.33. The molecule has 36 heavy (non-hydrogen) atoms. The van der Waals surface area contributed by atoms with Crippen LogP contribution in [0.1, 0.15) is 40.3 Å². The van der Waals surface area contributed by atoms with Crippen LogP contribution in [-0.2, 0) is 19.5 Å². The van der Waals surface area contributed by atoms with Crippen molar-refractivity contribution >= 4 is 40.6 Å². The second kappa shape index (κ2) is 8.94. The molecule has 6 rings (SSSR count). The predicted molar refractivity (Wildman–Crippen MR) is 132 cm³/mol. The third kappa shape index (κ3) is 3.84. The number of anilines is 1. The van der Waals surface area contributed by atoms with Gasteiger partial charge in [-0.3, -0.25) is 18.9 Å². The van der Waals surface area contributed by atoms with E-state index in [0.29, 0.717) is 42.8 Å². The number of benzene rings is 1. The SMILES string of the molecule is O=C(c1cc(Cc2c[nH]c(=O)c3cc(Cl)c(Cl)n23)ccc1F)N1CC[n+]2c(N3CCCC3)n[nH]c2C1. The number of nitrogens with one attached hydrogen (secondary N) is 2. The van der Waals surface area contributed by atoms with E-state index in [9.17, 15) is 14.0 Å². The summed E-state index contributed by atoms with van der Waals surface area (Å²) in [4.78, 5) is 32.1. The quantitative estimate of drug-likeness (QED) is 0.396. The van der Waals surface area contributed by atoms with Crippen molar-refractivity contribution in [1.29, 1.82) is 0 Å². The molecule has 4 aromatic rings. The van der Waals surface area contributed by atoms with E-state index < -0.39 is 5.82 Å². The zero-order valence-corrected chi connectivity index (χ0v) is 20.7. The minimum absolute atomic E-state index is 0.00228. The number of fused-ring (bicyclic) bond motifs is 2. The number of carbonyl (C=O) groups excluding carboxylic acids is 1. The molecule has 0 unspecified atom stereocenters. The van der Waals surface area contributed by atoms with Gasteiger partial charge >= 0.3 is 5.95 Å². The lowest BCUT2D eigenvalue weighted by atomic mass is 10.0. The van der Waals surface area contributed by atoms with Gasteiger partial charge in [-0.2, -0.15) is 5.10 Å². The molecule has 2 aliphatic heterocycles. The van der Waals surface area contributed by atoms with E-state index in [1.54, 1.807) is 27.6 Å². The van der Waals surface area contributed by atoms with Crippen LogP contribution in [0.3, 0.4) is 0 Å². The van der Waals surface area contributed by atoms with E-state index >= 15 is 0 Å². The van der Waals surface area contributed by atoms with Gasteiger partial charge < -0.3 is 9.88 Å². The lowest BCUT2D eigenvalue weighted by molar-refractivity contribution is -0.698. The molecule has 1 aromatic carbocycles. The van der Waals surface area contributed by atoms with Crippen LogP contribution in [0.5, 0.6) is 0 Å². The van der Waals surface area contributed by atoms with Gasteiger partial charge in [-0.25, -0.2) is 8.96 Å². The third-order valence-corrected chi connectivity index (χ3v) is 7.65. The summed E-state index contributed by atoms with van der Waals surface area (Å²) in [7, 11) is 0. The average molecular weight is 531 g/mol. The maximum atomic E-state index is 14.8. The number of nitrogens with zero attached hydrogens (tertiary/aromatic N) is 5. The Hall–Kier alpha value is -3.37. The second-order valence-corrected chi connectivity index (χ2v) is 9.91. The van der Waals surface area contributed by atoms with Gasteiger partial charge in [0.1, 0.15) is 23.0 Å². The molecule has 2 aliphatic rings. The maximum absolute atomic E-state index is 14.8. The van der Waals surface area contributed by atoms with Crippen molar-refractivity contribution in [2.75, 3.05) is 24.5 Å². The molecule has 9 nitrogen and oxygen atoms in total. The molecular formula is C24H23Cl2FN7O2+. The molecule has 0 saturated carbocycles. The fourth-order valence-electron chi connectivity index (χ4n) is 5.07. The number of hydrogen-bond donors (Lipinski definition) is 2. The highest BCUT2D eigenvalue weighted by Crippen LogP contribution is 2.27. The Bertz CT molecular complexity index is 1550. The first-order chi connectivity index (χ1) is 17.4. The third-order valence-electron chi connectivity index (χ3n) is 6.90. The molecule has 1 fully saturated rings. The van der Waals surface area contributed by atoms with Crippen LogP contribution in [-0.4, -0.2) is 50.0 Å². The van der Waals surface area contributed by atoms with Crippen molar-refractivity contribution in [1.82, 2.24) is 24.5 Å². The van der Waals surface area contributed by atoms with Gasteiger partial charge in [0.25, 0.3) is 11.5 Å². The van der Waals surface area contributed by atoms with Gasteiger partial charge in [0, 0.05) is 30.0 Å². The van der Waals surface area contributed by atoms with Crippen LogP contribution in [0.15, 0.2) is 35.3 Å². The predicted octanol–water partition coefficient (Wildman–Crippen LogP) is 2.93. The normalized spacial score (nSPS) is 15.6. The van der Waals surface area contributed by atoms with Gasteiger partial charge in [0.15, 0.2) is 0 Å². The van der Waals surface area contributed by atoms with Gasteiger partial charge in [0.05, 0.1) is 30.2 Å². The molecule has 3 aromatic heterocycles. The van der Waals surface area contributed by atoms with Crippen molar-refractivity contribution in [3.63, 3.8) is 0 Å². The topological polar surface area (TPSA) is 93.4 Å². The van der Waals surface area contributed by atoms with E-state index in [1.807, 2.05) is 0 Å². The largest absolute Gasteiger partial charge is 0.380 e. The number of carbonyl (C=O) groups is 1. The lowest BCUT2D eigenvalue weighted by Gasteiger charge is -2.26. The van der Waals surface area contributed by atoms with Gasteiger partial charge in [0.2, 0.25) is 5.82 Å². The summed E-state index contributed by atoms with van der Waals surface area (Å²) in [6.07, 6.45) is 4.15. The van der Waals surface area contributed by atoms with E-state index in [4.69, 9.17) is 23.2 Å². The van der Waals surface area contributed by atoms with E-state index in [0.717, 1.165) is 37.7 Å². The summed E-state index contributed by atoms with van der Waals surface area (Å²) in [5.74, 6) is 0.756. The molecule has 2 N–H and O–H groups in total. The summed E-state index contributed by atoms with van der Waals surface area (Å²) in [6.45, 7) is 3.33. The van der Waals surface area contributed by atoms with Crippen LogP contribution in [0.2, 0.25) is 10.2 Å². The van der Waals surface area contributed by atoms with Gasteiger partial charge in [-0.15, -0.1) is 0 Å². The monoisotopic (exact) mass is 530 g/mol. The van der Waals surface area contributed by atoms with Crippen LogP contribution in [0.4, 0.5) is 10.3 Å². The Morgan fingerprint density at radius 3 is 2.78 bits per heavy atom. The highest BCUT2D eigenvalue weighted by molar-refractivity contribution is 6.42. The van der Waals surface area contributed by atoms with Gasteiger partial charge in [-0.05, 0) is 36.6 Å². The molecule has 5 heterocycles. The fraction of sp³-hybridized carbons (Fsp3) is 0.333. The van der Waals surface area contributed by atoms with Crippen molar-refractivity contribution in [3.8, 4) is 0 Å². The molecule has 186 valence electrons. The number of aromatic amines is 2. The maximum Gasteiger partial charge on any atom is 0.380 e. The van der Waals surface area contributed by atoms with E-state index in [2.05, 4.69) is 24.6 Å². The van der Waals surface area contributed by atoms with Crippen molar-refractivity contribution in [3.05, 3.63) is 79.5 Å². The first-order valence-electron chi connectivity index (χ1n) is 11.8. The van der Waals surface area contributed by atoms with Crippen molar-refractivity contribution < 1.29 is 13.8 Å². The van der Waals surface area contributed by atoms with Crippen LogP contribution in [0.25, 0.3) is 5.52 Å². The summed E-state index contributed by atoms with van der Waals surface area (Å²) in [5, 5.41) is 8.01. The number of halogens is 3. The average Bonchev–Trinajstić information content (AvgIpc) is 3.61.